The molecule has 10 nitrogen and oxygen atoms in total. The van der Waals surface area contributed by atoms with Gasteiger partial charge in [0.25, 0.3) is 0 Å². The zero-order valence-corrected chi connectivity index (χ0v) is 30.6. The van der Waals surface area contributed by atoms with Crippen molar-refractivity contribution in [2.24, 2.45) is 5.92 Å². The van der Waals surface area contributed by atoms with Crippen LogP contribution < -0.4 is 15.5 Å². The fraction of sp³-hybridized carbons (Fsp3) is 0.476. The van der Waals surface area contributed by atoms with Crippen molar-refractivity contribution in [1.29, 1.82) is 0 Å². The van der Waals surface area contributed by atoms with Gasteiger partial charge in [-0.2, -0.15) is 0 Å². The van der Waals surface area contributed by atoms with Crippen molar-refractivity contribution in [2.75, 3.05) is 49.5 Å². The van der Waals surface area contributed by atoms with E-state index in [0.717, 1.165) is 72.4 Å². The molecule has 2 amide bonds. The van der Waals surface area contributed by atoms with Gasteiger partial charge in [-0.3, -0.25) is 9.59 Å². The Kier molecular flexibility index (Phi) is 7.77. The van der Waals surface area contributed by atoms with Gasteiger partial charge in [-0.1, -0.05) is 30.7 Å². The Labute approximate surface area is 309 Å². The van der Waals surface area contributed by atoms with Gasteiger partial charge >= 0.3 is 0 Å². The first-order valence-electron chi connectivity index (χ1n) is 19.7. The number of para-hydroxylation sites is 1. The topological polar surface area (TPSA) is 98.6 Å². The minimum absolute atomic E-state index is 0.126. The number of likely N-dealkylation sites (tertiary alicyclic amines) is 2. The average molecular weight is 715 g/mol. The van der Waals surface area contributed by atoms with Crippen LogP contribution in [0.25, 0.3) is 22.3 Å². The lowest BCUT2D eigenvalue weighted by Gasteiger charge is -2.48. The average Bonchev–Trinajstić information content (AvgIpc) is 3.44. The summed E-state index contributed by atoms with van der Waals surface area (Å²) in [7, 11) is 0. The summed E-state index contributed by atoms with van der Waals surface area (Å²) >= 11 is 0. The SMILES string of the molecule is CC(C)n1cnc2cc(-c3ccc4c(c3)N(C3CC(N5CCCCC5)C3)C(=O)C43CCN(C(=O)C4=C5CNCC54)CC3)nc(Nc3ccccc3F)c21. The van der Waals surface area contributed by atoms with Crippen molar-refractivity contribution in [3.63, 3.8) is 0 Å². The molecule has 1 unspecified atom stereocenters. The van der Waals surface area contributed by atoms with Crippen LogP contribution >= 0.6 is 0 Å². The van der Waals surface area contributed by atoms with E-state index in [2.05, 4.69) is 57.0 Å². The number of benzene rings is 2. The highest BCUT2D eigenvalue weighted by Crippen LogP contribution is 2.53. The van der Waals surface area contributed by atoms with Crippen LogP contribution in [-0.4, -0.2) is 87.5 Å². The second-order valence-electron chi connectivity index (χ2n) is 16.4. The van der Waals surface area contributed by atoms with Crippen LogP contribution in [0.4, 0.5) is 21.6 Å². The molecule has 1 saturated carbocycles. The molecule has 4 aromatic rings. The second-order valence-corrected chi connectivity index (χ2v) is 16.4. The maximum atomic E-state index is 14.9. The summed E-state index contributed by atoms with van der Waals surface area (Å²) in [6.45, 7) is 9.35. The summed E-state index contributed by atoms with van der Waals surface area (Å²) in [5, 5.41) is 6.63. The number of hydrogen-bond acceptors (Lipinski definition) is 7. The number of fused-ring (bicyclic) bond motifs is 4. The van der Waals surface area contributed by atoms with E-state index in [0.29, 0.717) is 55.1 Å². The van der Waals surface area contributed by atoms with Crippen LogP contribution in [-0.2, 0) is 15.0 Å². The molecular formula is C42H47FN8O2. The number of piperidine rings is 2. The number of imidazole rings is 1. The molecule has 1 spiro atoms. The minimum Gasteiger partial charge on any atom is -0.339 e. The van der Waals surface area contributed by atoms with Crippen molar-refractivity contribution in [3.8, 4) is 11.3 Å². The second kappa shape index (κ2) is 12.5. The molecule has 2 N–H and O–H groups in total. The largest absolute Gasteiger partial charge is 0.339 e. The first-order valence-corrected chi connectivity index (χ1v) is 19.7. The summed E-state index contributed by atoms with van der Waals surface area (Å²) in [6, 6.07) is 15.8. The predicted octanol–water partition coefficient (Wildman–Crippen LogP) is 6.32. The normalized spacial score (nSPS) is 25.0. The number of hydrogen-bond donors (Lipinski definition) is 2. The van der Waals surface area contributed by atoms with E-state index >= 15 is 0 Å². The third-order valence-corrected chi connectivity index (χ3v) is 13.1. The third kappa shape index (κ3) is 5.25. The van der Waals surface area contributed by atoms with Crippen molar-refractivity contribution in [3.05, 3.63) is 77.4 Å². The number of rotatable bonds is 7. The molecule has 6 heterocycles. The third-order valence-electron chi connectivity index (χ3n) is 13.1. The highest BCUT2D eigenvalue weighted by Gasteiger charge is 2.56. The molecule has 11 heteroatoms. The number of pyridine rings is 1. The maximum Gasteiger partial charge on any atom is 0.250 e. The van der Waals surface area contributed by atoms with Gasteiger partial charge in [0, 0.05) is 67.0 Å². The Balaban J connectivity index is 1.01. The predicted molar refractivity (Wildman–Crippen MR) is 204 cm³/mol. The van der Waals surface area contributed by atoms with Crippen LogP contribution in [0.2, 0.25) is 0 Å². The molecule has 4 aliphatic heterocycles. The summed E-state index contributed by atoms with van der Waals surface area (Å²) < 4.78 is 17.0. The van der Waals surface area contributed by atoms with E-state index in [-0.39, 0.29) is 29.7 Å². The zero-order valence-electron chi connectivity index (χ0n) is 30.6. The Morgan fingerprint density at radius 2 is 1.79 bits per heavy atom. The Hall–Kier alpha value is -4.61. The molecule has 53 heavy (non-hydrogen) atoms. The van der Waals surface area contributed by atoms with Crippen molar-refractivity contribution >= 4 is 40.0 Å². The van der Waals surface area contributed by atoms with Crippen molar-refractivity contribution in [2.45, 2.75) is 82.3 Å². The molecule has 3 saturated heterocycles. The molecule has 0 bridgehead atoms. The van der Waals surface area contributed by atoms with Crippen molar-refractivity contribution < 1.29 is 14.0 Å². The van der Waals surface area contributed by atoms with E-state index in [1.165, 1.54) is 30.9 Å². The quantitative estimate of drug-likeness (QED) is 0.232. The van der Waals surface area contributed by atoms with Gasteiger partial charge in [0.15, 0.2) is 5.82 Å². The van der Waals surface area contributed by atoms with Crippen LogP contribution in [0.5, 0.6) is 0 Å². The Bertz CT molecular complexity index is 2170. The lowest BCUT2D eigenvalue weighted by molar-refractivity contribution is -0.132. The van der Waals surface area contributed by atoms with Crippen molar-refractivity contribution in [1.82, 2.24) is 29.7 Å². The molecule has 2 aliphatic carbocycles. The Morgan fingerprint density at radius 1 is 1.00 bits per heavy atom. The molecule has 2 aromatic carbocycles. The number of carbonyl (C=O) groups is 2. The molecule has 1 atom stereocenters. The summed E-state index contributed by atoms with van der Waals surface area (Å²) in [5.74, 6) is 0.858. The molecule has 6 aliphatic rings. The van der Waals surface area contributed by atoms with E-state index in [1.807, 2.05) is 17.3 Å². The van der Waals surface area contributed by atoms with Gasteiger partial charge in [-0.25, -0.2) is 14.4 Å². The van der Waals surface area contributed by atoms with Gasteiger partial charge in [0.1, 0.15) is 11.3 Å². The summed E-state index contributed by atoms with van der Waals surface area (Å²) in [6.07, 6.45) is 8.85. The number of halogens is 1. The maximum absolute atomic E-state index is 14.9. The molecule has 4 fully saturated rings. The smallest absolute Gasteiger partial charge is 0.250 e. The Morgan fingerprint density at radius 3 is 2.53 bits per heavy atom. The molecule has 0 radical (unpaired) electrons. The highest BCUT2D eigenvalue weighted by atomic mass is 19.1. The highest BCUT2D eigenvalue weighted by molar-refractivity contribution is 6.10. The van der Waals surface area contributed by atoms with Crippen LogP contribution in [0, 0.1) is 11.7 Å². The monoisotopic (exact) mass is 714 g/mol. The van der Waals surface area contributed by atoms with Gasteiger partial charge in [0.2, 0.25) is 11.8 Å². The van der Waals surface area contributed by atoms with Gasteiger partial charge in [-0.05, 0) is 101 Å². The summed E-state index contributed by atoms with van der Waals surface area (Å²) in [5.41, 5.74) is 7.20. The van der Waals surface area contributed by atoms with Crippen LogP contribution in [0.3, 0.4) is 0 Å². The van der Waals surface area contributed by atoms with Crippen LogP contribution in [0.15, 0.2) is 66.0 Å². The number of amides is 2. The fourth-order valence-corrected chi connectivity index (χ4v) is 9.99. The standard InChI is InChI=1S/C42H47FN8O2/c1-25(2)50-24-45-35-21-34(47-39(38(35)50)46-33-9-5-4-8-32(33)43)26-10-11-31-36(18-26)51(28-19-27(20-28)48-14-6-3-7-15-48)41(53)42(31)12-16-49(17-13-42)40(52)37-29-22-44-23-30(29)37/h4-5,8-11,18,21,24-25,27-29,44H,3,6-7,12-17,19-20,22-23H2,1-2H3,(H,46,47). The fourth-order valence-electron chi connectivity index (χ4n) is 9.99. The molecule has 274 valence electrons. The van der Waals surface area contributed by atoms with Gasteiger partial charge < -0.3 is 29.9 Å². The zero-order chi connectivity index (χ0) is 36.0. The van der Waals surface area contributed by atoms with Gasteiger partial charge in [0.05, 0.1) is 28.6 Å². The first-order chi connectivity index (χ1) is 25.8. The minimum atomic E-state index is -0.648. The van der Waals surface area contributed by atoms with E-state index in [1.54, 1.807) is 18.2 Å². The number of carbonyl (C=O) groups excluding carboxylic acids is 2. The lowest BCUT2D eigenvalue weighted by atomic mass is 9.73. The van der Waals surface area contributed by atoms with E-state index < -0.39 is 5.41 Å². The lowest BCUT2D eigenvalue weighted by Crippen LogP contribution is -2.58. The summed E-state index contributed by atoms with van der Waals surface area (Å²) in [4.78, 5) is 45.1. The van der Waals surface area contributed by atoms with Gasteiger partial charge in [-0.15, -0.1) is 0 Å². The number of anilines is 3. The molecular weight excluding hydrogens is 668 g/mol. The number of aromatic nitrogens is 3. The number of nitrogens with zero attached hydrogens (tertiary/aromatic N) is 6. The van der Waals surface area contributed by atoms with Crippen LogP contribution in [0.1, 0.15) is 70.4 Å². The van der Waals surface area contributed by atoms with E-state index in [9.17, 15) is 14.0 Å². The number of nitrogens with one attached hydrogen (secondary N) is 2. The molecule has 10 rings (SSSR count). The first kappa shape index (κ1) is 33.0. The molecule has 2 aromatic heterocycles. The van der Waals surface area contributed by atoms with E-state index in [4.69, 9.17) is 9.97 Å².